The van der Waals surface area contributed by atoms with Crippen molar-refractivity contribution in [2.75, 3.05) is 0 Å². The van der Waals surface area contributed by atoms with Crippen LogP contribution >= 0.6 is 0 Å². The maximum atomic E-state index is 9.00. The van der Waals surface area contributed by atoms with Crippen LogP contribution in [-0.4, -0.2) is 44.3 Å². The molecule has 9 heteroatoms. The van der Waals surface area contributed by atoms with E-state index in [1.54, 1.807) is 0 Å². The summed E-state index contributed by atoms with van der Waals surface area (Å²) in [5.41, 5.74) is 0. The first-order valence-corrected chi connectivity index (χ1v) is 3.71. The van der Waals surface area contributed by atoms with Crippen LogP contribution in [0.2, 0.25) is 0 Å². The van der Waals surface area contributed by atoms with Crippen molar-refractivity contribution in [3.63, 3.8) is 0 Å². The van der Waals surface area contributed by atoms with Gasteiger partial charge in [0, 0.05) is 46.3 Å². The van der Waals surface area contributed by atoms with Gasteiger partial charge in [-0.25, -0.2) is 0 Å². The number of hydrogen-bond donors (Lipinski definition) is 4. The van der Waals surface area contributed by atoms with Gasteiger partial charge >= 0.3 is 0 Å². The summed E-state index contributed by atoms with van der Waals surface area (Å²) in [5.74, 6) is -3.33. The summed E-state index contributed by atoms with van der Waals surface area (Å²) < 4.78 is 0. The van der Waals surface area contributed by atoms with E-state index in [1.807, 2.05) is 0 Å². The van der Waals surface area contributed by atoms with E-state index in [2.05, 4.69) is 0 Å². The Hall–Kier alpha value is -1.54. The smallest absolute Gasteiger partial charge is 0.300 e. The third-order valence-electron chi connectivity index (χ3n) is 0. The van der Waals surface area contributed by atoms with Crippen molar-refractivity contribution >= 4 is 23.9 Å². The fourth-order valence-corrected chi connectivity index (χ4v) is 0. The summed E-state index contributed by atoms with van der Waals surface area (Å²) in [6, 6.07) is 0. The van der Waals surface area contributed by atoms with E-state index < -0.39 is 23.9 Å². The Labute approximate surface area is 110 Å². The standard InChI is InChI=1S/4C2H4O2.V/c4*1-2(3)4;/h4*1H3,(H,3,4);. The molecule has 0 bridgehead atoms. The summed E-state index contributed by atoms with van der Waals surface area (Å²) in [6.07, 6.45) is 0. The van der Waals surface area contributed by atoms with Crippen LogP contribution < -0.4 is 0 Å². The Morgan fingerprint density at radius 1 is 0.529 bits per heavy atom. The molecule has 0 atom stereocenters. The summed E-state index contributed by atoms with van der Waals surface area (Å²) in [5, 5.41) is 29.7. The van der Waals surface area contributed by atoms with Crippen LogP contribution in [0.5, 0.6) is 0 Å². The van der Waals surface area contributed by atoms with Gasteiger partial charge in [0.05, 0.1) is 0 Å². The molecule has 0 aliphatic heterocycles. The number of hydrogen-bond acceptors (Lipinski definition) is 4. The van der Waals surface area contributed by atoms with Gasteiger partial charge in [0.25, 0.3) is 23.9 Å². The molecule has 4 N–H and O–H groups in total. The van der Waals surface area contributed by atoms with Crippen molar-refractivity contribution in [2.45, 2.75) is 27.7 Å². The Morgan fingerprint density at radius 3 is 0.529 bits per heavy atom. The molecule has 0 aromatic rings. The van der Waals surface area contributed by atoms with E-state index in [4.69, 9.17) is 39.6 Å². The Bertz CT molecular complexity index is 162. The van der Waals surface area contributed by atoms with Gasteiger partial charge in [0.1, 0.15) is 0 Å². The van der Waals surface area contributed by atoms with Crippen molar-refractivity contribution < 1.29 is 58.2 Å². The summed E-state index contributed by atoms with van der Waals surface area (Å²) >= 11 is 0. The molecule has 0 aliphatic rings. The van der Waals surface area contributed by atoms with Gasteiger partial charge in [0.2, 0.25) is 0 Å². The molecule has 8 nitrogen and oxygen atoms in total. The van der Waals surface area contributed by atoms with Crippen LogP contribution in [0.3, 0.4) is 0 Å². The molecule has 0 aromatic heterocycles. The molecule has 0 amide bonds. The predicted octanol–water partition coefficient (Wildman–Crippen LogP) is 0.361. The third-order valence-corrected chi connectivity index (χ3v) is 0. The topological polar surface area (TPSA) is 149 Å². The molecule has 0 spiro atoms. The van der Waals surface area contributed by atoms with E-state index in [1.165, 1.54) is 0 Å². The number of carboxylic acid groups (broad SMARTS) is 4. The quantitative estimate of drug-likeness (QED) is 0.499. The van der Waals surface area contributed by atoms with Gasteiger partial charge in [-0.3, -0.25) is 19.2 Å². The number of aliphatic carboxylic acids is 4. The minimum absolute atomic E-state index is 0. The zero-order valence-electron chi connectivity index (χ0n) is 9.87. The van der Waals surface area contributed by atoms with Crippen molar-refractivity contribution in [3.05, 3.63) is 0 Å². The second kappa shape index (κ2) is 23.9. The van der Waals surface area contributed by atoms with Crippen LogP contribution in [0, 0.1) is 0 Å². The first-order chi connectivity index (χ1) is 6.93. The zero-order chi connectivity index (χ0) is 14.3. The molecular formula is C8H16O8V. The van der Waals surface area contributed by atoms with Crippen molar-refractivity contribution in [2.24, 2.45) is 0 Å². The molecule has 0 aromatic carbocycles. The van der Waals surface area contributed by atoms with Crippen molar-refractivity contribution in [1.82, 2.24) is 0 Å². The van der Waals surface area contributed by atoms with Crippen LogP contribution in [0.25, 0.3) is 0 Å². The Kier molecular flexibility index (Phi) is 41.6. The molecule has 0 aliphatic carbocycles. The average Bonchev–Trinajstić information content (AvgIpc) is 1.76. The Morgan fingerprint density at radius 2 is 0.529 bits per heavy atom. The number of carboxylic acids is 4. The van der Waals surface area contributed by atoms with Gasteiger partial charge in [-0.05, 0) is 0 Å². The molecule has 101 valence electrons. The van der Waals surface area contributed by atoms with Crippen LogP contribution in [0.4, 0.5) is 0 Å². The summed E-state index contributed by atoms with van der Waals surface area (Å²) in [4.78, 5) is 36.0. The van der Waals surface area contributed by atoms with Crippen LogP contribution in [0.1, 0.15) is 27.7 Å². The van der Waals surface area contributed by atoms with E-state index in [0.29, 0.717) is 0 Å². The molecule has 0 fully saturated rings. The van der Waals surface area contributed by atoms with E-state index in [9.17, 15) is 0 Å². The zero-order valence-corrected chi connectivity index (χ0v) is 11.3. The minimum atomic E-state index is -0.833. The second-order valence-corrected chi connectivity index (χ2v) is 2.08. The Balaban J connectivity index is -0.0000000369. The SMILES string of the molecule is CC(=O)O.CC(=O)O.CC(=O)O.CC(=O)O.[V]. The van der Waals surface area contributed by atoms with Crippen LogP contribution in [0.15, 0.2) is 0 Å². The maximum Gasteiger partial charge on any atom is 0.300 e. The largest absolute Gasteiger partial charge is 0.481 e. The normalized spacial score (nSPS) is 5.88. The van der Waals surface area contributed by atoms with Gasteiger partial charge in [-0.1, -0.05) is 0 Å². The van der Waals surface area contributed by atoms with Gasteiger partial charge < -0.3 is 20.4 Å². The first kappa shape index (κ1) is 29.5. The van der Waals surface area contributed by atoms with Crippen molar-refractivity contribution in [3.8, 4) is 0 Å². The summed E-state index contributed by atoms with van der Waals surface area (Å²) in [6.45, 7) is 4.33. The molecule has 0 heterocycles. The monoisotopic (exact) mass is 291 g/mol. The minimum Gasteiger partial charge on any atom is -0.481 e. The molecular weight excluding hydrogens is 275 g/mol. The van der Waals surface area contributed by atoms with Crippen molar-refractivity contribution in [1.29, 1.82) is 0 Å². The van der Waals surface area contributed by atoms with Crippen LogP contribution in [-0.2, 0) is 37.7 Å². The summed E-state index contributed by atoms with van der Waals surface area (Å²) in [7, 11) is 0. The van der Waals surface area contributed by atoms with Gasteiger partial charge in [0.15, 0.2) is 0 Å². The van der Waals surface area contributed by atoms with E-state index in [-0.39, 0.29) is 18.6 Å². The first-order valence-electron chi connectivity index (χ1n) is 3.71. The number of carbonyl (C=O) groups is 4. The molecule has 0 saturated carbocycles. The fraction of sp³-hybridized carbons (Fsp3) is 0.500. The molecule has 0 unspecified atom stereocenters. The van der Waals surface area contributed by atoms with Gasteiger partial charge in [-0.2, -0.15) is 0 Å². The molecule has 1 radical (unpaired) electrons. The molecule has 0 rings (SSSR count). The maximum absolute atomic E-state index is 9.00. The van der Waals surface area contributed by atoms with E-state index in [0.717, 1.165) is 27.7 Å². The number of rotatable bonds is 0. The third kappa shape index (κ3) is 953. The van der Waals surface area contributed by atoms with Gasteiger partial charge in [-0.15, -0.1) is 0 Å². The fourth-order valence-electron chi connectivity index (χ4n) is 0. The molecule has 17 heavy (non-hydrogen) atoms. The van der Waals surface area contributed by atoms with E-state index >= 15 is 0 Å². The average molecular weight is 291 g/mol. The predicted molar refractivity (Wildman–Crippen MR) is 53.2 cm³/mol. The molecule has 0 saturated heterocycles. The second-order valence-electron chi connectivity index (χ2n) is 2.08.